The van der Waals surface area contributed by atoms with Crippen LogP contribution in [0.5, 0.6) is 0 Å². The maximum Gasteiger partial charge on any atom is 0.411 e. The Morgan fingerprint density at radius 1 is 1.28 bits per heavy atom. The molecule has 0 saturated heterocycles. The highest BCUT2D eigenvalue weighted by atomic mass is 79.9. The van der Waals surface area contributed by atoms with Gasteiger partial charge in [0.05, 0.1) is 0 Å². The van der Waals surface area contributed by atoms with Gasteiger partial charge in [0.15, 0.2) is 0 Å². The van der Waals surface area contributed by atoms with Gasteiger partial charge < -0.3 is 4.74 Å². The Labute approximate surface area is 116 Å². The lowest BCUT2D eigenvalue weighted by Gasteiger charge is -2.28. The van der Waals surface area contributed by atoms with Gasteiger partial charge >= 0.3 is 6.09 Å². The number of hydrogen-bond donors (Lipinski definition) is 1. The average Bonchev–Trinajstić information content (AvgIpc) is 2.35. The molecule has 0 unspecified atom stereocenters. The van der Waals surface area contributed by atoms with E-state index in [-0.39, 0.29) is 12.2 Å². The van der Waals surface area contributed by atoms with Gasteiger partial charge in [0.1, 0.15) is 6.10 Å². The van der Waals surface area contributed by atoms with Crippen LogP contribution >= 0.6 is 15.9 Å². The summed E-state index contributed by atoms with van der Waals surface area (Å²) in [7, 11) is 0. The van der Waals surface area contributed by atoms with Crippen molar-refractivity contribution in [3.8, 4) is 0 Å². The zero-order chi connectivity index (χ0) is 13.0. The Balaban J connectivity index is 1.86. The molecule has 2 atom stereocenters. The number of carbonyl (C=O) groups excluding carboxylic acids is 1. The van der Waals surface area contributed by atoms with Crippen LogP contribution in [0.4, 0.5) is 10.5 Å². The summed E-state index contributed by atoms with van der Waals surface area (Å²) in [4.78, 5) is 11.8. The topological polar surface area (TPSA) is 38.3 Å². The molecule has 1 fully saturated rings. The molecule has 2 rings (SSSR count). The van der Waals surface area contributed by atoms with Gasteiger partial charge in [0.25, 0.3) is 0 Å². The van der Waals surface area contributed by atoms with E-state index in [0.29, 0.717) is 5.92 Å². The number of halogens is 1. The fourth-order valence-electron chi connectivity index (χ4n) is 2.28. The fourth-order valence-corrected chi connectivity index (χ4v) is 2.54. The van der Waals surface area contributed by atoms with Crippen molar-refractivity contribution in [1.82, 2.24) is 0 Å². The molecule has 98 valence electrons. The van der Waals surface area contributed by atoms with Gasteiger partial charge in [-0.15, -0.1) is 0 Å². The van der Waals surface area contributed by atoms with Crippen molar-refractivity contribution < 1.29 is 9.53 Å². The highest BCUT2D eigenvalue weighted by Crippen LogP contribution is 2.26. The minimum absolute atomic E-state index is 0.0641. The van der Waals surface area contributed by atoms with E-state index < -0.39 is 0 Å². The van der Waals surface area contributed by atoms with E-state index in [2.05, 4.69) is 28.2 Å². The highest BCUT2D eigenvalue weighted by molar-refractivity contribution is 9.10. The number of nitrogens with one attached hydrogen (secondary N) is 1. The van der Waals surface area contributed by atoms with Crippen molar-refractivity contribution in [3.05, 3.63) is 28.7 Å². The molecule has 1 aliphatic carbocycles. The summed E-state index contributed by atoms with van der Waals surface area (Å²) in [5.41, 5.74) is 0.756. The normalized spacial score (nSPS) is 23.4. The molecule has 1 aliphatic rings. The molecular weight excluding hydrogens is 294 g/mol. The SMILES string of the molecule is C[C@@H]1CCCC[C@H]1OC(=O)Nc1ccc(Br)cc1. The van der Waals surface area contributed by atoms with E-state index in [9.17, 15) is 4.79 Å². The largest absolute Gasteiger partial charge is 0.446 e. The number of amides is 1. The number of hydrogen-bond acceptors (Lipinski definition) is 2. The standard InChI is InChI=1S/C14H18BrNO2/c1-10-4-2-3-5-13(10)18-14(17)16-12-8-6-11(15)7-9-12/h6-10,13H,2-5H2,1H3,(H,16,17)/t10-,13-/m1/s1. The molecule has 0 bridgehead atoms. The summed E-state index contributed by atoms with van der Waals surface area (Å²) < 4.78 is 6.46. The molecule has 4 heteroatoms. The first-order valence-corrected chi connectivity index (χ1v) is 7.17. The van der Waals surface area contributed by atoms with Crippen molar-refractivity contribution in [2.75, 3.05) is 5.32 Å². The van der Waals surface area contributed by atoms with Crippen molar-refractivity contribution >= 4 is 27.7 Å². The number of carbonyl (C=O) groups is 1. The summed E-state index contributed by atoms with van der Waals surface area (Å²) in [5, 5.41) is 2.75. The summed E-state index contributed by atoms with van der Waals surface area (Å²) in [5.74, 6) is 0.467. The Kier molecular flexibility index (Phi) is 4.64. The van der Waals surface area contributed by atoms with Crippen molar-refractivity contribution in [1.29, 1.82) is 0 Å². The molecule has 1 amide bonds. The van der Waals surface area contributed by atoms with E-state index in [0.717, 1.165) is 29.4 Å². The van der Waals surface area contributed by atoms with Crippen molar-refractivity contribution in [3.63, 3.8) is 0 Å². The number of ether oxygens (including phenoxy) is 1. The smallest absolute Gasteiger partial charge is 0.411 e. The van der Waals surface area contributed by atoms with Crippen LogP contribution in [0, 0.1) is 5.92 Å². The molecule has 0 heterocycles. The number of rotatable bonds is 2. The second kappa shape index (κ2) is 6.23. The van der Waals surface area contributed by atoms with Crippen molar-refractivity contribution in [2.24, 2.45) is 5.92 Å². The molecular formula is C14H18BrNO2. The van der Waals surface area contributed by atoms with Crippen LogP contribution in [0.3, 0.4) is 0 Å². The monoisotopic (exact) mass is 311 g/mol. The van der Waals surface area contributed by atoms with E-state index in [1.165, 1.54) is 6.42 Å². The molecule has 3 nitrogen and oxygen atoms in total. The molecule has 0 spiro atoms. The van der Waals surface area contributed by atoms with Gasteiger partial charge in [0.2, 0.25) is 0 Å². The lowest BCUT2D eigenvalue weighted by atomic mass is 9.88. The van der Waals surface area contributed by atoms with Crippen molar-refractivity contribution in [2.45, 2.75) is 38.7 Å². The number of benzene rings is 1. The van der Waals surface area contributed by atoms with Crippen LogP contribution in [0.15, 0.2) is 28.7 Å². The molecule has 0 aliphatic heterocycles. The quantitative estimate of drug-likeness (QED) is 0.868. The van der Waals surface area contributed by atoms with E-state index in [1.54, 1.807) is 0 Å². The third-order valence-corrected chi connectivity index (χ3v) is 3.91. The molecule has 18 heavy (non-hydrogen) atoms. The minimum atomic E-state index is -0.351. The third kappa shape index (κ3) is 3.73. The average molecular weight is 312 g/mol. The number of anilines is 1. The molecule has 1 saturated carbocycles. The third-order valence-electron chi connectivity index (χ3n) is 3.38. The van der Waals surface area contributed by atoms with E-state index >= 15 is 0 Å². The Morgan fingerprint density at radius 3 is 2.61 bits per heavy atom. The summed E-state index contributed by atoms with van der Waals surface area (Å²) in [6.45, 7) is 2.15. The maximum absolute atomic E-state index is 11.8. The summed E-state index contributed by atoms with van der Waals surface area (Å²) >= 11 is 3.36. The lowest BCUT2D eigenvalue weighted by molar-refractivity contribution is 0.0524. The first-order chi connectivity index (χ1) is 8.65. The van der Waals surface area contributed by atoms with Crippen LogP contribution in [0.25, 0.3) is 0 Å². The molecule has 0 aromatic heterocycles. The first kappa shape index (κ1) is 13.4. The predicted octanol–water partition coefficient (Wildman–Crippen LogP) is 4.58. The summed E-state index contributed by atoms with van der Waals surface area (Å²) in [6, 6.07) is 7.46. The van der Waals surface area contributed by atoms with Crippen LogP contribution in [0.1, 0.15) is 32.6 Å². The van der Waals surface area contributed by atoms with E-state index in [4.69, 9.17) is 4.74 Å². The molecule has 1 N–H and O–H groups in total. The van der Waals surface area contributed by atoms with Gasteiger partial charge in [0, 0.05) is 10.2 Å². The van der Waals surface area contributed by atoms with Crippen LogP contribution in [-0.2, 0) is 4.74 Å². The van der Waals surface area contributed by atoms with E-state index in [1.807, 2.05) is 24.3 Å². The molecule has 1 aromatic carbocycles. The molecule has 0 radical (unpaired) electrons. The van der Waals surface area contributed by atoms with Crippen LogP contribution in [0.2, 0.25) is 0 Å². The van der Waals surface area contributed by atoms with Gasteiger partial charge in [-0.3, -0.25) is 5.32 Å². The molecule has 1 aromatic rings. The van der Waals surface area contributed by atoms with Gasteiger partial charge in [-0.05, 0) is 49.4 Å². The van der Waals surface area contributed by atoms with Gasteiger partial charge in [-0.1, -0.05) is 29.3 Å². The maximum atomic E-state index is 11.8. The Bertz CT molecular complexity index is 405. The van der Waals surface area contributed by atoms with Gasteiger partial charge in [-0.25, -0.2) is 4.79 Å². The second-order valence-corrected chi connectivity index (χ2v) is 5.75. The van der Waals surface area contributed by atoms with Crippen LogP contribution in [-0.4, -0.2) is 12.2 Å². The second-order valence-electron chi connectivity index (χ2n) is 4.84. The minimum Gasteiger partial charge on any atom is -0.446 e. The van der Waals surface area contributed by atoms with Gasteiger partial charge in [-0.2, -0.15) is 0 Å². The zero-order valence-corrected chi connectivity index (χ0v) is 12.1. The Morgan fingerprint density at radius 2 is 1.94 bits per heavy atom. The predicted molar refractivity (Wildman–Crippen MR) is 75.7 cm³/mol. The Hall–Kier alpha value is -1.03. The zero-order valence-electron chi connectivity index (χ0n) is 10.5. The lowest BCUT2D eigenvalue weighted by Crippen LogP contribution is -2.30. The summed E-state index contributed by atoms with van der Waals surface area (Å²) in [6.07, 6.45) is 4.24. The van der Waals surface area contributed by atoms with Crippen LogP contribution < -0.4 is 5.32 Å². The highest BCUT2D eigenvalue weighted by Gasteiger charge is 2.24. The fraction of sp³-hybridized carbons (Fsp3) is 0.500. The first-order valence-electron chi connectivity index (χ1n) is 6.38.